The van der Waals surface area contributed by atoms with Crippen molar-refractivity contribution < 1.29 is 4.74 Å². The van der Waals surface area contributed by atoms with E-state index in [4.69, 9.17) is 4.74 Å². The summed E-state index contributed by atoms with van der Waals surface area (Å²) >= 11 is 0. The fraction of sp³-hybridized carbons (Fsp3) is 0.200. The second-order valence-corrected chi connectivity index (χ2v) is 7.82. The van der Waals surface area contributed by atoms with Crippen molar-refractivity contribution in [2.45, 2.75) is 13.0 Å². The van der Waals surface area contributed by atoms with Gasteiger partial charge in [0.2, 0.25) is 0 Å². The first-order valence-electron chi connectivity index (χ1n) is 10.4. The van der Waals surface area contributed by atoms with Gasteiger partial charge in [-0.2, -0.15) is 0 Å². The van der Waals surface area contributed by atoms with Crippen LogP contribution in [-0.2, 0) is 20.0 Å². The number of nitrogens with zero attached hydrogens (tertiary/aromatic N) is 4. The smallest absolute Gasteiger partial charge is 0.332 e. The maximum absolute atomic E-state index is 12.8. The van der Waals surface area contributed by atoms with Crippen molar-refractivity contribution in [3.8, 4) is 22.7 Å². The highest BCUT2D eigenvalue weighted by atomic mass is 16.5. The van der Waals surface area contributed by atoms with Crippen LogP contribution in [0.5, 0.6) is 5.75 Å². The highest BCUT2D eigenvalue weighted by Gasteiger charge is 2.16. The highest BCUT2D eigenvalue weighted by molar-refractivity contribution is 5.61. The van der Waals surface area contributed by atoms with Gasteiger partial charge in [-0.25, -0.2) is 4.79 Å². The molecule has 0 N–H and O–H groups in total. The Morgan fingerprint density at radius 2 is 1.71 bits per heavy atom. The van der Waals surface area contributed by atoms with E-state index in [1.165, 1.54) is 11.1 Å². The van der Waals surface area contributed by atoms with Crippen LogP contribution in [0.3, 0.4) is 0 Å². The average Bonchev–Trinajstić information content (AvgIpc) is 3.13. The van der Waals surface area contributed by atoms with Gasteiger partial charge in [0.05, 0.1) is 11.4 Å². The molecule has 0 unspecified atom stereocenters. The van der Waals surface area contributed by atoms with Crippen LogP contribution in [0.15, 0.2) is 84.0 Å². The topological polar surface area (TPSA) is 52.3 Å². The average molecular weight is 412 g/mol. The third-order valence-corrected chi connectivity index (χ3v) is 5.74. The number of ether oxygens (including phenoxy) is 1. The van der Waals surface area contributed by atoms with E-state index >= 15 is 0 Å². The van der Waals surface area contributed by atoms with Gasteiger partial charge in [-0.05, 0) is 53.9 Å². The van der Waals surface area contributed by atoms with Crippen molar-refractivity contribution >= 4 is 0 Å². The molecule has 3 heterocycles. The maximum atomic E-state index is 12.8. The fourth-order valence-electron chi connectivity index (χ4n) is 4.05. The van der Waals surface area contributed by atoms with E-state index in [9.17, 15) is 4.79 Å². The summed E-state index contributed by atoms with van der Waals surface area (Å²) in [5.41, 5.74) is 5.29. The van der Waals surface area contributed by atoms with Gasteiger partial charge in [0.15, 0.2) is 0 Å². The number of hydrogen-bond acceptors (Lipinski definition) is 4. The number of aromatic nitrogens is 3. The third kappa shape index (κ3) is 3.90. The van der Waals surface area contributed by atoms with E-state index in [-0.39, 0.29) is 5.69 Å². The lowest BCUT2D eigenvalue weighted by molar-refractivity contribution is 0.114. The van der Waals surface area contributed by atoms with Gasteiger partial charge >= 0.3 is 5.69 Å². The number of aryl methyl sites for hydroxylation is 1. The molecule has 0 saturated heterocycles. The number of hydrogen-bond donors (Lipinski definition) is 0. The molecular weight excluding hydrogens is 388 g/mol. The van der Waals surface area contributed by atoms with Gasteiger partial charge in [-0.15, -0.1) is 0 Å². The van der Waals surface area contributed by atoms with Gasteiger partial charge in [-0.1, -0.05) is 24.3 Å². The van der Waals surface area contributed by atoms with E-state index in [1.807, 2.05) is 42.6 Å². The molecule has 0 spiro atoms. The molecule has 6 heteroatoms. The Labute approximate surface area is 181 Å². The number of rotatable bonds is 5. The second-order valence-electron chi connectivity index (χ2n) is 7.82. The lowest BCUT2D eigenvalue weighted by atomic mass is 10.0. The third-order valence-electron chi connectivity index (χ3n) is 5.74. The zero-order chi connectivity index (χ0) is 21.2. The van der Waals surface area contributed by atoms with E-state index in [2.05, 4.69) is 34.1 Å². The molecule has 0 fully saturated rings. The normalized spacial score (nSPS) is 13.7. The zero-order valence-electron chi connectivity index (χ0n) is 17.4. The van der Waals surface area contributed by atoms with Gasteiger partial charge in [-0.3, -0.25) is 14.5 Å². The number of imidazole rings is 1. The highest BCUT2D eigenvalue weighted by Crippen LogP contribution is 2.23. The predicted octanol–water partition coefficient (Wildman–Crippen LogP) is 3.63. The number of pyridine rings is 1. The molecule has 6 nitrogen and oxygen atoms in total. The minimum atomic E-state index is -0.0903. The lowest BCUT2D eigenvalue weighted by Gasteiger charge is -2.28. The van der Waals surface area contributed by atoms with E-state index < -0.39 is 0 Å². The van der Waals surface area contributed by atoms with Crippen molar-refractivity contribution in [1.82, 2.24) is 19.0 Å². The molecule has 4 aromatic rings. The minimum Gasteiger partial charge on any atom is -0.478 e. The summed E-state index contributed by atoms with van der Waals surface area (Å²) in [7, 11) is 1.76. The van der Waals surface area contributed by atoms with Crippen LogP contribution >= 0.6 is 0 Å². The van der Waals surface area contributed by atoms with Crippen molar-refractivity contribution in [2.24, 2.45) is 7.05 Å². The molecule has 5 rings (SSSR count). The lowest BCUT2D eigenvalue weighted by Crippen LogP contribution is -2.33. The van der Waals surface area contributed by atoms with Crippen molar-refractivity contribution in [3.05, 3.63) is 101 Å². The quantitative estimate of drug-likeness (QED) is 0.502. The predicted molar refractivity (Wildman–Crippen MR) is 120 cm³/mol. The number of benzene rings is 2. The molecule has 0 atom stereocenters. The monoisotopic (exact) mass is 412 g/mol. The Kier molecular flexibility index (Phi) is 5.14. The molecule has 0 aliphatic carbocycles. The van der Waals surface area contributed by atoms with Crippen LogP contribution in [0.25, 0.3) is 16.9 Å². The Morgan fingerprint density at radius 1 is 0.968 bits per heavy atom. The SMILES string of the molecule is Cn1cc(-c2ccncc2)n(-c2ccc(OCN3CCc4ccccc4C3)cc2)c1=O. The van der Waals surface area contributed by atoms with E-state index in [0.717, 1.165) is 42.2 Å². The van der Waals surface area contributed by atoms with Gasteiger partial charge in [0, 0.05) is 44.3 Å². The largest absolute Gasteiger partial charge is 0.478 e. The molecule has 156 valence electrons. The summed E-state index contributed by atoms with van der Waals surface area (Å²) in [5.74, 6) is 0.789. The summed E-state index contributed by atoms with van der Waals surface area (Å²) in [5, 5.41) is 0. The molecule has 1 aliphatic heterocycles. The van der Waals surface area contributed by atoms with Crippen LogP contribution in [0, 0.1) is 0 Å². The van der Waals surface area contributed by atoms with Gasteiger partial charge < -0.3 is 9.30 Å². The molecule has 1 aliphatic rings. The van der Waals surface area contributed by atoms with Gasteiger partial charge in [0.25, 0.3) is 0 Å². The molecule has 2 aromatic heterocycles. The van der Waals surface area contributed by atoms with Crippen molar-refractivity contribution in [2.75, 3.05) is 13.3 Å². The Hall–Kier alpha value is -3.64. The zero-order valence-corrected chi connectivity index (χ0v) is 17.4. The van der Waals surface area contributed by atoms with E-state index in [0.29, 0.717) is 6.73 Å². The van der Waals surface area contributed by atoms with Crippen molar-refractivity contribution in [1.29, 1.82) is 0 Å². The summed E-state index contributed by atoms with van der Waals surface area (Å²) in [6, 6.07) is 20.1. The Balaban J connectivity index is 1.32. The molecule has 0 radical (unpaired) electrons. The van der Waals surface area contributed by atoms with Crippen molar-refractivity contribution in [3.63, 3.8) is 0 Å². The standard InChI is InChI=1S/C25H24N4O2/c1-27-17-24(20-10-13-26-14-11-20)29(25(27)30)22-6-8-23(9-7-22)31-18-28-15-12-19-4-2-3-5-21(19)16-28/h2-11,13-14,17H,12,15-16,18H2,1H3. The summed E-state index contributed by atoms with van der Waals surface area (Å²) in [6.45, 7) is 2.44. The molecule has 0 saturated carbocycles. The first-order valence-corrected chi connectivity index (χ1v) is 10.4. The molecule has 31 heavy (non-hydrogen) atoms. The second kappa shape index (κ2) is 8.24. The fourth-order valence-corrected chi connectivity index (χ4v) is 4.05. The molecular formula is C25H24N4O2. The Morgan fingerprint density at radius 3 is 2.48 bits per heavy atom. The summed E-state index contributed by atoms with van der Waals surface area (Å²) < 4.78 is 9.33. The molecule has 0 amide bonds. The maximum Gasteiger partial charge on any atom is 0.332 e. The first kappa shape index (κ1) is 19.3. The minimum absolute atomic E-state index is 0.0903. The van der Waals surface area contributed by atoms with E-state index in [1.54, 1.807) is 28.6 Å². The molecule has 2 aromatic carbocycles. The van der Waals surface area contributed by atoms with Crippen LogP contribution in [0.1, 0.15) is 11.1 Å². The Bertz CT molecular complexity index is 1240. The van der Waals surface area contributed by atoms with Crippen LogP contribution < -0.4 is 10.4 Å². The molecule has 0 bridgehead atoms. The van der Waals surface area contributed by atoms with Crippen LogP contribution in [-0.4, -0.2) is 32.3 Å². The summed E-state index contributed by atoms with van der Waals surface area (Å²) in [6.07, 6.45) is 6.35. The first-order chi connectivity index (χ1) is 15.2. The van der Waals surface area contributed by atoms with Crippen LogP contribution in [0.4, 0.5) is 0 Å². The van der Waals surface area contributed by atoms with Crippen LogP contribution in [0.2, 0.25) is 0 Å². The summed E-state index contributed by atoms with van der Waals surface area (Å²) in [4.78, 5) is 19.1. The number of fused-ring (bicyclic) bond motifs is 1. The van der Waals surface area contributed by atoms with Gasteiger partial charge in [0.1, 0.15) is 12.5 Å².